The number of nitrogens with zero attached hydrogens (tertiary/aromatic N) is 1. The van der Waals surface area contributed by atoms with Gasteiger partial charge >= 0.3 is 6.03 Å². The molecule has 0 saturated heterocycles. The molecule has 0 bridgehead atoms. The van der Waals surface area contributed by atoms with Crippen LogP contribution in [0.5, 0.6) is 0 Å². The molecule has 7 heteroatoms. The summed E-state index contributed by atoms with van der Waals surface area (Å²) in [5, 5.41) is 10.5. The summed E-state index contributed by atoms with van der Waals surface area (Å²) in [4.78, 5) is 28.2. The van der Waals surface area contributed by atoms with E-state index in [9.17, 15) is 9.59 Å². The van der Waals surface area contributed by atoms with E-state index in [-0.39, 0.29) is 17.9 Å². The predicted octanol–water partition coefficient (Wildman–Crippen LogP) is 3.31. The van der Waals surface area contributed by atoms with Crippen LogP contribution in [-0.4, -0.2) is 43.5 Å². The van der Waals surface area contributed by atoms with Gasteiger partial charge in [0.25, 0.3) is 0 Å². The topological polar surface area (TPSA) is 73.5 Å². The molecule has 2 aromatic rings. The van der Waals surface area contributed by atoms with Gasteiger partial charge in [-0.25, -0.2) is 4.79 Å². The highest BCUT2D eigenvalue weighted by atomic mass is 32.1. The highest BCUT2D eigenvalue weighted by molar-refractivity contribution is 7.10. The van der Waals surface area contributed by atoms with Gasteiger partial charge in [0, 0.05) is 17.1 Å². The second kappa shape index (κ2) is 10.1. The Kier molecular flexibility index (Phi) is 7.82. The Bertz CT molecular complexity index is 717. The average molecular weight is 389 g/mol. The molecular formula is C20H28N4O2S. The molecule has 2 atom stereocenters. The maximum Gasteiger partial charge on any atom is 0.319 e. The molecule has 146 valence electrons. The van der Waals surface area contributed by atoms with Crippen LogP contribution < -0.4 is 16.0 Å². The number of para-hydroxylation sites is 1. The molecule has 0 fully saturated rings. The first-order chi connectivity index (χ1) is 12.9. The molecule has 0 radical (unpaired) electrons. The van der Waals surface area contributed by atoms with Crippen molar-refractivity contribution >= 4 is 29.0 Å². The third kappa shape index (κ3) is 6.37. The summed E-state index contributed by atoms with van der Waals surface area (Å²) >= 11 is 1.66. The quantitative estimate of drug-likeness (QED) is 0.650. The molecule has 0 saturated carbocycles. The first-order valence-electron chi connectivity index (χ1n) is 8.98. The zero-order valence-electron chi connectivity index (χ0n) is 16.2. The second-order valence-electron chi connectivity index (χ2n) is 6.93. The molecule has 0 aliphatic carbocycles. The Morgan fingerprint density at radius 2 is 1.78 bits per heavy atom. The van der Waals surface area contributed by atoms with E-state index in [4.69, 9.17) is 0 Å². The number of nitrogens with one attached hydrogen (secondary N) is 3. The second-order valence-corrected chi connectivity index (χ2v) is 7.91. The van der Waals surface area contributed by atoms with Gasteiger partial charge in [0.05, 0.1) is 6.04 Å². The summed E-state index contributed by atoms with van der Waals surface area (Å²) < 4.78 is 0. The molecule has 6 nitrogen and oxygen atoms in total. The van der Waals surface area contributed by atoms with Crippen LogP contribution in [0.15, 0.2) is 47.8 Å². The van der Waals surface area contributed by atoms with Crippen LogP contribution in [0.3, 0.4) is 0 Å². The van der Waals surface area contributed by atoms with Crippen molar-refractivity contribution in [2.75, 3.05) is 26.0 Å². The van der Waals surface area contributed by atoms with Crippen LogP contribution >= 0.6 is 11.3 Å². The van der Waals surface area contributed by atoms with Crippen molar-refractivity contribution in [1.82, 2.24) is 15.5 Å². The largest absolute Gasteiger partial charge is 0.352 e. The summed E-state index contributed by atoms with van der Waals surface area (Å²) in [5.74, 6) is -0.220. The van der Waals surface area contributed by atoms with Gasteiger partial charge in [-0.2, -0.15) is 0 Å². The monoisotopic (exact) mass is 388 g/mol. The van der Waals surface area contributed by atoms with E-state index in [1.807, 2.05) is 57.6 Å². The lowest BCUT2D eigenvalue weighted by Gasteiger charge is -2.26. The van der Waals surface area contributed by atoms with Gasteiger partial charge in [-0.05, 0) is 43.6 Å². The Hall–Kier alpha value is -2.38. The van der Waals surface area contributed by atoms with E-state index < -0.39 is 12.1 Å². The van der Waals surface area contributed by atoms with Gasteiger partial charge in [-0.15, -0.1) is 11.3 Å². The molecule has 2 unspecified atom stereocenters. The zero-order chi connectivity index (χ0) is 19.8. The minimum absolute atomic E-state index is 0.0360. The van der Waals surface area contributed by atoms with Crippen molar-refractivity contribution in [1.29, 1.82) is 0 Å². The molecule has 0 spiro atoms. The van der Waals surface area contributed by atoms with Crippen LogP contribution in [0.25, 0.3) is 0 Å². The van der Waals surface area contributed by atoms with Gasteiger partial charge in [0.15, 0.2) is 0 Å². The fourth-order valence-corrected chi connectivity index (χ4v) is 3.61. The molecule has 3 amide bonds. The van der Waals surface area contributed by atoms with E-state index in [1.54, 1.807) is 23.5 Å². The third-order valence-electron chi connectivity index (χ3n) is 4.23. The predicted molar refractivity (Wildman–Crippen MR) is 111 cm³/mol. The van der Waals surface area contributed by atoms with E-state index in [2.05, 4.69) is 26.9 Å². The Balaban J connectivity index is 1.94. The van der Waals surface area contributed by atoms with Crippen LogP contribution in [0.1, 0.15) is 24.8 Å². The standard InChI is InChI=1S/C20H28N4O2S/c1-14(2)18(23-20(26)22-15-9-6-5-7-10-15)19(25)21-13-16(24(3)4)17-11-8-12-27-17/h5-12,14,16,18H,13H2,1-4H3,(H,21,25)(H2,22,23,26). The van der Waals surface area contributed by atoms with Gasteiger partial charge in [-0.3, -0.25) is 4.79 Å². The maximum atomic E-state index is 12.7. The fourth-order valence-electron chi connectivity index (χ4n) is 2.69. The zero-order valence-corrected chi connectivity index (χ0v) is 17.0. The number of carbonyl (C=O) groups is 2. The van der Waals surface area contributed by atoms with Crippen molar-refractivity contribution in [2.45, 2.75) is 25.9 Å². The molecule has 2 rings (SSSR count). The number of thiophene rings is 1. The van der Waals surface area contributed by atoms with Crippen LogP contribution in [0.2, 0.25) is 0 Å². The molecule has 3 N–H and O–H groups in total. The molecular weight excluding hydrogens is 360 g/mol. The SMILES string of the molecule is CC(C)C(NC(=O)Nc1ccccc1)C(=O)NCC(c1cccs1)N(C)C. The van der Waals surface area contributed by atoms with Gasteiger partial charge < -0.3 is 20.9 Å². The normalized spacial score (nSPS) is 13.3. The average Bonchev–Trinajstić information content (AvgIpc) is 3.14. The Labute approximate surface area is 165 Å². The fraction of sp³-hybridized carbons (Fsp3) is 0.400. The van der Waals surface area contributed by atoms with Gasteiger partial charge in [0.2, 0.25) is 5.91 Å². The van der Waals surface area contributed by atoms with Crippen molar-refractivity contribution in [2.24, 2.45) is 5.92 Å². The maximum absolute atomic E-state index is 12.7. The minimum Gasteiger partial charge on any atom is -0.352 e. The number of amides is 3. The molecule has 0 aliphatic heterocycles. The summed E-state index contributed by atoms with van der Waals surface area (Å²) in [5.41, 5.74) is 0.684. The van der Waals surface area contributed by atoms with E-state index in [0.717, 1.165) is 0 Å². The van der Waals surface area contributed by atoms with Crippen molar-refractivity contribution in [3.05, 3.63) is 52.7 Å². The molecule has 1 heterocycles. The van der Waals surface area contributed by atoms with E-state index in [1.165, 1.54) is 4.88 Å². The van der Waals surface area contributed by atoms with E-state index >= 15 is 0 Å². The summed E-state index contributed by atoms with van der Waals surface area (Å²) in [6, 6.07) is 12.3. The Morgan fingerprint density at radius 3 is 2.33 bits per heavy atom. The first-order valence-corrected chi connectivity index (χ1v) is 9.86. The molecule has 0 aliphatic rings. The van der Waals surface area contributed by atoms with Crippen LogP contribution in [-0.2, 0) is 4.79 Å². The highest BCUT2D eigenvalue weighted by Gasteiger charge is 2.25. The number of hydrogen-bond donors (Lipinski definition) is 3. The lowest BCUT2D eigenvalue weighted by Crippen LogP contribution is -2.52. The lowest BCUT2D eigenvalue weighted by atomic mass is 10.0. The van der Waals surface area contributed by atoms with Crippen LogP contribution in [0.4, 0.5) is 10.5 Å². The summed E-state index contributed by atoms with van der Waals surface area (Å²) in [7, 11) is 3.98. The number of hydrogen-bond acceptors (Lipinski definition) is 4. The number of carbonyl (C=O) groups excluding carboxylic acids is 2. The Morgan fingerprint density at radius 1 is 1.07 bits per heavy atom. The molecule has 1 aromatic heterocycles. The number of anilines is 1. The number of benzene rings is 1. The van der Waals surface area contributed by atoms with Crippen molar-refractivity contribution < 1.29 is 9.59 Å². The first kappa shape index (κ1) is 20.9. The van der Waals surface area contributed by atoms with Gasteiger partial charge in [-0.1, -0.05) is 38.1 Å². The summed E-state index contributed by atoms with van der Waals surface area (Å²) in [6.45, 7) is 4.31. The third-order valence-corrected chi connectivity index (χ3v) is 5.21. The molecule has 27 heavy (non-hydrogen) atoms. The number of rotatable bonds is 8. The summed E-state index contributed by atoms with van der Waals surface area (Å²) in [6.07, 6.45) is 0. The smallest absolute Gasteiger partial charge is 0.319 e. The van der Waals surface area contributed by atoms with E-state index in [0.29, 0.717) is 12.2 Å². The number of likely N-dealkylation sites (N-methyl/N-ethyl adjacent to an activating group) is 1. The van der Waals surface area contributed by atoms with Crippen molar-refractivity contribution in [3.63, 3.8) is 0 Å². The lowest BCUT2D eigenvalue weighted by molar-refractivity contribution is -0.124. The number of urea groups is 1. The highest BCUT2D eigenvalue weighted by Crippen LogP contribution is 2.22. The minimum atomic E-state index is -0.611. The van der Waals surface area contributed by atoms with Crippen molar-refractivity contribution in [3.8, 4) is 0 Å². The molecule has 1 aromatic carbocycles. The van der Waals surface area contributed by atoms with Crippen LogP contribution in [0, 0.1) is 5.92 Å². The van der Waals surface area contributed by atoms with Gasteiger partial charge in [0.1, 0.15) is 6.04 Å².